The third kappa shape index (κ3) is 4.12. The van der Waals surface area contributed by atoms with Crippen LogP contribution in [0.15, 0.2) is 16.0 Å². The monoisotopic (exact) mass is 308 g/mol. The Morgan fingerprint density at radius 3 is 2.86 bits per heavy atom. The fraction of sp³-hybridized carbons (Fsp3) is 0.500. The van der Waals surface area contributed by atoms with Crippen molar-refractivity contribution < 1.29 is 9.21 Å². The van der Waals surface area contributed by atoms with Crippen molar-refractivity contribution in [2.45, 2.75) is 40.3 Å². The minimum absolute atomic E-state index is 0.0123. The molecule has 2 aromatic rings. The van der Waals surface area contributed by atoms with Crippen molar-refractivity contribution in [1.82, 2.24) is 15.3 Å². The average molecular weight is 308 g/mol. The van der Waals surface area contributed by atoms with Crippen LogP contribution >= 0.6 is 11.3 Å². The first kappa shape index (κ1) is 15.7. The SMILES string of the molecule is CCc1cnc(CNCc2csc(N(CC)C(C)=O)n2)o1. The Balaban J connectivity index is 1.86. The summed E-state index contributed by atoms with van der Waals surface area (Å²) in [4.78, 5) is 21.8. The molecule has 0 radical (unpaired) electrons. The van der Waals surface area contributed by atoms with Crippen LogP contribution < -0.4 is 10.2 Å². The second kappa shape index (κ2) is 7.33. The quantitative estimate of drug-likeness (QED) is 0.850. The summed E-state index contributed by atoms with van der Waals surface area (Å²) in [6.45, 7) is 7.34. The van der Waals surface area contributed by atoms with Crippen LogP contribution in [0.3, 0.4) is 0 Å². The number of thiazole rings is 1. The van der Waals surface area contributed by atoms with Gasteiger partial charge in [-0.15, -0.1) is 11.3 Å². The molecule has 0 atom stereocenters. The molecule has 1 amide bonds. The predicted molar refractivity (Wildman–Crippen MR) is 82.2 cm³/mol. The van der Waals surface area contributed by atoms with E-state index < -0.39 is 0 Å². The van der Waals surface area contributed by atoms with Gasteiger partial charge in [0.2, 0.25) is 11.8 Å². The Hall–Kier alpha value is -1.73. The van der Waals surface area contributed by atoms with E-state index in [9.17, 15) is 4.79 Å². The van der Waals surface area contributed by atoms with E-state index in [1.807, 2.05) is 19.2 Å². The zero-order chi connectivity index (χ0) is 15.2. The van der Waals surface area contributed by atoms with E-state index in [0.29, 0.717) is 25.5 Å². The number of rotatable bonds is 7. The third-order valence-electron chi connectivity index (χ3n) is 3.00. The number of oxazole rings is 1. The van der Waals surface area contributed by atoms with Crippen LogP contribution in [0.2, 0.25) is 0 Å². The summed E-state index contributed by atoms with van der Waals surface area (Å²) in [5.41, 5.74) is 0.914. The van der Waals surface area contributed by atoms with Gasteiger partial charge in [-0.2, -0.15) is 0 Å². The van der Waals surface area contributed by atoms with Gasteiger partial charge in [0.15, 0.2) is 5.13 Å². The Morgan fingerprint density at radius 2 is 2.24 bits per heavy atom. The lowest BCUT2D eigenvalue weighted by Crippen LogP contribution is -2.27. The van der Waals surface area contributed by atoms with Crippen LogP contribution in [0, 0.1) is 0 Å². The van der Waals surface area contributed by atoms with Gasteiger partial charge in [-0.3, -0.25) is 9.69 Å². The molecule has 0 bridgehead atoms. The molecule has 2 rings (SSSR count). The maximum absolute atomic E-state index is 11.5. The normalized spacial score (nSPS) is 10.8. The first-order chi connectivity index (χ1) is 10.1. The number of carbonyl (C=O) groups excluding carboxylic acids is 1. The van der Waals surface area contributed by atoms with Gasteiger partial charge < -0.3 is 9.73 Å². The van der Waals surface area contributed by atoms with Gasteiger partial charge in [0, 0.05) is 31.8 Å². The standard InChI is InChI=1S/C14H20N4O2S/c1-4-12-7-16-13(20-12)8-15-6-11-9-21-14(17-11)18(5-2)10(3)19/h7,9,15H,4-6,8H2,1-3H3. The highest BCUT2D eigenvalue weighted by atomic mass is 32.1. The van der Waals surface area contributed by atoms with Crippen molar-refractivity contribution in [3.8, 4) is 0 Å². The minimum Gasteiger partial charge on any atom is -0.444 e. The van der Waals surface area contributed by atoms with Gasteiger partial charge in [0.05, 0.1) is 18.4 Å². The lowest BCUT2D eigenvalue weighted by atomic mass is 10.4. The smallest absolute Gasteiger partial charge is 0.225 e. The summed E-state index contributed by atoms with van der Waals surface area (Å²) in [6.07, 6.45) is 2.60. The fourth-order valence-electron chi connectivity index (χ4n) is 1.88. The zero-order valence-electron chi connectivity index (χ0n) is 12.5. The van der Waals surface area contributed by atoms with Gasteiger partial charge in [0.25, 0.3) is 0 Å². The van der Waals surface area contributed by atoms with Gasteiger partial charge in [0.1, 0.15) is 5.76 Å². The third-order valence-corrected chi connectivity index (χ3v) is 3.91. The molecule has 114 valence electrons. The van der Waals surface area contributed by atoms with E-state index in [1.165, 1.54) is 11.3 Å². The molecule has 0 aliphatic heterocycles. The van der Waals surface area contributed by atoms with Crippen molar-refractivity contribution in [2.75, 3.05) is 11.4 Å². The number of carbonyl (C=O) groups is 1. The van der Waals surface area contributed by atoms with E-state index >= 15 is 0 Å². The van der Waals surface area contributed by atoms with Gasteiger partial charge in [-0.25, -0.2) is 9.97 Å². The molecule has 0 saturated carbocycles. The Bertz CT molecular complexity index is 593. The second-order valence-electron chi connectivity index (χ2n) is 4.56. The largest absolute Gasteiger partial charge is 0.444 e. The maximum atomic E-state index is 11.5. The molecule has 2 aromatic heterocycles. The van der Waals surface area contributed by atoms with Gasteiger partial charge in [-0.05, 0) is 6.92 Å². The van der Waals surface area contributed by atoms with E-state index in [1.54, 1.807) is 18.0 Å². The Kier molecular flexibility index (Phi) is 5.46. The molecular weight excluding hydrogens is 288 g/mol. The van der Waals surface area contributed by atoms with Crippen LogP contribution in [0.4, 0.5) is 5.13 Å². The van der Waals surface area contributed by atoms with Crippen molar-refractivity contribution in [3.05, 3.63) is 28.9 Å². The molecule has 0 spiro atoms. The molecule has 0 saturated heterocycles. The van der Waals surface area contributed by atoms with Crippen LogP contribution in [0.5, 0.6) is 0 Å². The van der Waals surface area contributed by atoms with Crippen LogP contribution in [0.1, 0.15) is 38.1 Å². The Morgan fingerprint density at radius 1 is 1.43 bits per heavy atom. The van der Waals surface area contributed by atoms with Crippen LogP contribution in [-0.2, 0) is 24.3 Å². The van der Waals surface area contributed by atoms with Crippen molar-refractivity contribution in [3.63, 3.8) is 0 Å². The summed E-state index contributed by atoms with van der Waals surface area (Å²) in [7, 11) is 0. The van der Waals surface area contributed by atoms with Crippen LogP contribution in [0.25, 0.3) is 0 Å². The highest BCUT2D eigenvalue weighted by Crippen LogP contribution is 2.20. The van der Waals surface area contributed by atoms with Crippen LogP contribution in [-0.4, -0.2) is 22.4 Å². The second-order valence-corrected chi connectivity index (χ2v) is 5.40. The molecule has 2 heterocycles. The lowest BCUT2D eigenvalue weighted by Gasteiger charge is -2.14. The maximum Gasteiger partial charge on any atom is 0.225 e. The number of amides is 1. The van der Waals surface area contributed by atoms with Crippen molar-refractivity contribution in [1.29, 1.82) is 0 Å². The molecule has 0 aliphatic carbocycles. The highest BCUT2D eigenvalue weighted by Gasteiger charge is 2.13. The highest BCUT2D eigenvalue weighted by molar-refractivity contribution is 7.14. The number of aromatic nitrogens is 2. The molecule has 0 aromatic carbocycles. The van der Waals surface area contributed by atoms with E-state index in [-0.39, 0.29) is 5.91 Å². The van der Waals surface area contributed by atoms with Gasteiger partial charge in [-0.1, -0.05) is 6.92 Å². The number of hydrogen-bond donors (Lipinski definition) is 1. The average Bonchev–Trinajstić information content (AvgIpc) is 3.09. The molecule has 6 nitrogen and oxygen atoms in total. The van der Waals surface area contributed by atoms with Crippen molar-refractivity contribution >= 4 is 22.4 Å². The molecule has 21 heavy (non-hydrogen) atoms. The first-order valence-electron chi connectivity index (χ1n) is 7.00. The Labute approximate surface area is 128 Å². The van der Waals surface area contributed by atoms with E-state index in [4.69, 9.17) is 4.42 Å². The molecule has 7 heteroatoms. The number of anilines is 1. The molecule has 1 N–H and O–H groups in total. The first-order valence-corrected chi connectivity index (χ1v) is 7.88. The van der Waals surface area contributed by atoms with E-state index in [0.717, 1.165) is 23.0 Å². The lowest BCUT2D eigenvalue weighted by molar-refractivity contribution is -0.116. The number of aryl methyl sites for hydroxylation is 1. The molecule has 0 fully saturated rings. The zero-order valence-corrected chi connectivity index (χ0v) is 13.4. The summed E-state index contributed by atoms with van der Waals surface area (Å²) >= 11 is 1.48. The molecule has 0 aliphatic rings. The summed E-state index contributed by atoms with van der Waals surface area (Å²) < 4.78 is 5.52. The number of nitrogens with zero attached hydrogens (tertiary/aromatic N) is 3. The fourth-order valence-corrected chi connectivity index (χ4v) is 2.82. The minimum atomic E-state index is 0.0123. The summed E-state index contributed by atoms with van der Waals surface area (Å²) in [5.74, 6) is 1.59. The number of hydrogen-bond acceptors (Lipinski definition) is 6. The predicted octanol–water partition coefficient (Wildman–Crippen LogP) is 2.36. The number of nitrogens with one attached hydrogen (secondary N) is 1. The summed E-state index contributed by atoms with van der Waals surface area (Å²) in [5, 5.41) is 5.94. The van der Waals surface area contributed by atoms with Gasteiger partial charge >= 0.3 is 0 Å². The summed E-state index contributed by atoms with van der Waals surface area (Å²) in [6, 6.07) is 0. The van der Waals surface area contributed by atoms with E-state index in [2.05, 4.69) is 15.3 Å². The molecule has 0 unspecified atom stereocenters. The topological polar surface area (TPSA) is 71.3 Å². The molecular formula is C14H20N4O2S. The van der Waals surface area contributed by atoms with Crippen molar-refractivity contribution in [2.24, 2.45) is 0 Å².